The Balaban J connectivity index is 1.14. The van der Waals surface area contributed by atoms with E-state index in [0.717, 1.165) is 22.3 Å². The third kappa shape index (κ3) is 6.88. The van der Waals surface area contributed by atoms with Crippen LogP contribution in [0, 0.1) is 20.8 Å². The number of aryl methyl sites for hydroxylation is 1. The summed E-state index contributed by atoms with van der Waals surface area (Å²) in [6.45, 7) is 6.75. The van der Waals surface area contributed by atoms with Crippen LogP contribution in [-0.2, 0) is 6.54 Å². The molecule has 0 aliphatic rings. The largest absolute Gasteiger partial charge is 0.487 e. The third-order valence-electron chi connectivity index (χ3n) is 6.99. The molecule has 0 aliphatic heterocycles. The van der Waals surface area contributed by atoms with Gasteiger partial charge in [0.1, 0.15) is 23.9 Å². The Morgan fingerprint density at radius 2 is 1.14 bits per heavy atom. The highest BCUT2D eigenvalue weighted by atomic mass is 16.5. The van der Waals surface area contributed by atoms with Crippen molar-refractivity contribution in [1.29, 1.82) is 0 Å². The van der Waals surface area contributed by atoms with Gasteiger partial charge in [-0.25, -0.2) is 14.2 Å². The molecule has 42 heavy (non-hydrogen) atoms. The van der Waals surface area contributed by atoms with E-state index in [1.54, 1.807) is 60.9 Å². The average Bonchev–Trinajstić information content (AvgIpc) is 3.02. The molecule has 0 aliphatic carbocycles. The predicted molar refractivity (Wildman–Crippen MR) is 159 cm³/mol. The summed E-state index contributed by atoms with van der Waals surface area (Å²) in [5, 5.41) is 0. The van der Waals surface area contributed by atoms with Crippen molar-refractivity contribution in [1.82, 2.24) is 4.98 Å². The molecule has 210 valence electrons. The lowest BCUT2D eigenvalue weighted by Crippen LogP contribution is -2.35. The van der Waals surface area contributed by atoms with Crippen LogP contribution in [0.5, 0.6) is 17.2 Å². The zero-order valence-electron chi connectivity index (χ0n) is 23.7. The highest BCUT2D eigenvalue weighted by Gasteiger charge is 2.16. The van der Waals surface area contributed by atoms with Gasteiger partial charge in [-0.3, -0.25) is 4.98 Å². The van der Waals surface area contributed by atoms with Crippen LogP contribution < -0.4 is 18.8 Å². The first-order valence-corrected chi connectivity index (χ1v) is 13.6. The fourth-order valence-electron chi connectivity index (χ4n) is 4.30. The fourth-order valence-corrected chi connectivity index (χ4v) is 4.30. The lowest BCUT2D eigenvalue weighted by atomic mass is 10.1. The van der Waals surface area contributed by atoms with Crippen molar-refractivity contribution in [3.63, 3.8) is 0 Å². The summed E-state index contributed by atoms with van der Waals surface area (Å²) in [6, 6.07) is 25.4. The van der Waals surface area contributed by atoms with Gasteiger partial charge in [0.05, 0.1) is 11.1 Å². The molecule has 5 rings (SSSR count). The highest BCUT2D eigenvalue weighted by Crippen LogP contribution is 2.30. The van der Waals surface area contributed by atoms with E-state index in [0.29, 0.717) is 47.1 Å². The summed E-state index contributed by atoms with van der Waals surface area (Å²) in [5.41, 5.74) is 5.60. The Kier molecular flexibility index (Phi) is 8.68. The molecule has 5 aromatic rings. The number of carbonyl (C=O) groups excluding carboxylic acids is 2. The number of hydrogen-bond acceptors (Lipinski definition) is 6. The van der Waals surface area contributed by atoms with Crippen LogP contribution in [0.4, 0.5) is 0 Å². The molecule has 0 atom stereocenters. The molecule has 3 aromatic carbocycles. The van der Waals surface area contributed by atoms with Gasteiger partial charge in [0.15, 0.2) is 18.9 Å². The topological polar surface area (TPSA) is 78.6 Å². The van der Waals surface area contributed by atoms with Crippen molar-refractivity contribution < 1.29 is 28.4 Å². The maximum atomic E-state index is 12.8. The second-order valence-electron chi connectivity index (χ2n) is 9.89. The summed E-state index contributed by atoms with van der Waals surface area (Å²) < 4.78 is 19.2. The lowest BCUT2D eigenvalue weighted by Gasteiger charge is -2.14. The quantitative estimate of drug-likeness (QED) is 0.117. The molecule has 0 saturated carbocycles. The second-order valence-corrected chi connectivity index (χ2v) is 9.89. The molecule has 2 aromatic heterocycles. The molecular formula is C35H31N2O5+. The number of benzene rings is 3. The number of esters is 2. The number of ether oxygens (including phenoxy) is 3. The molecule has 0 fully saturated rings. The maximum absolute atomic E-state index is 12.8. The molecule has 7 nitrogen and oxygen atoms in total. The first-order valence-electron chi connectivity index (χ1n) is 13.6. The molecule has 0 spiro atoms. The number of rotatable bonds is 9. The van der Waals surface area contributed by atoms with E-state index in [4.69, 9.17) is 14.2 Å². The summed E-state index contributed by atoms with van der Waals surface area (Å²) in [4.78, 5) is 29.4. The van der Waals surface area contributed by atoms with Gasteiger partial charge < -0.3 is 14.2 Å². The van der Waals surface area contributed by atoms with Gasteiger partial charge >= 0.3 is 11.9 Å². The Morgan fingerprint density at radius 3 is 1.69 bits per heavy atom. The molecule has 0 amide bonds. The normalized spacial score (nSPS) is 10.6. The molecule has 7 heteroatoms. The van der Waals surface area contributed by atoms with Crippen molar-refractivity contribution in [2.24, 2.45) is 0 Å². The molecular weight excluding hydrogens is 528 g/mol. The van der Waals surface area contributed by atoms with Crippen LogP contribution in [0.3, 0.4) is 0 Å². The van der Waals surface area contributed by atoms with Crippen LogP contribution in [0.1, 0.15) is 37.4 Å². The molecule has 0 N–H and O–H groups in total. The Bertz CT molecular complexity index is 1680. The van der Waals surface area contributed by atoms with Gasteiger partial charge in [-0.05, 0) is 104 Å². The van der Waals surface area contributed by atoms with Gasteiger partial charge in [0, 0.05) is 24.5 Å². The minimum absolute atomic E-state index is 0.398. The summed E-state index contributed by atoms with van der Waals surface area (Å²) in [5.74, 6) is 0.551. The summed E-state index contributed by atoms with van der Waals surface area (Å²) in [6.07, 6.45) is 7.59. The molecule has 2 heterocycles. The molecule has 0 unspecified atom stereocenters. The molecule has 0 bridgehead atoms. The minimum Gasteiger partial charge on any atom is -0.487 e. The number of pyridine rings is 2. The number of hydrogen-bond donors (Lipinski definition) is 0. The van der Waals surface area contributed by atoms with E-state index in [1.807, 2.05) is 57.4 Å². The highest BCUT2D eigenvalue weighted by molar-refractivity contribution is 5.92. The van der Waals surface area contributed by atoms with Crippen LogP contribution in [-0.4, -0.2) is 23.5 Å². The smallest absolute Gasteiger partial charge is 0.343 e. The van der Waals surface area contributed by atoms with E-state index in [2.05, 4.69) is 21.7 Å². The molecule has 0 saturated heterocycles. The minimum atomic E-state index is -0.488. The van der Waals surface area contributed by atoms with Crippen LogP contribution >= 0.6 is 0 Å². The summed E-state index contributed by atoms with van der Waals surface area (Å²) in [7, 11) is 0. The predicted octanol–water partition coefficient (Wildman–Crippen LogP) is 6.48. The number of aromatic nitrogens is 2. The standard InChI is InChI=1S/C35H31N2O5/c1-24-4-6-29(7-5-24)34(38)41-32-12-13-33(26(3)25(32)2)42-35(39)30-8-10-31(11-9-30)40-23-22-37-20-16-28(17-21-37)27-14-18-36-19-15-27/h4-21H,22-23H2,1-3H3/q+1. The second kappa shape index (κ2) is 12.9. The van der Waals surface area contributed by atoms with E-state index in [1.165, 1.54) is 0 Å². The van der Waals surface area contributed by atoms with Crippen molar-refractivity contribution in [2.75, 3.05) is 6.61 Å². The van der Waals surface area contributed by atoms with Crippen LogP contribution in [0.2, 0.25) is 0 Å². The third-order valence-corrected chi connectivity index (χ3v) is 6.99. The van der Waals surface area contributed by atoms with Gasteiger partial charge in [-0.1, -0.05) is 17.7 Å². The van der Waals surface area contributed by atoms with E-state index < -0.39 is 11.9 Å². The summed E-state index contributed by atoms with van der Waals surface area (Å²) >= 11 is 0. The number of carbonyl (C=O) groups is 2. The fraction of sp³-hybridized carbons (Fsp3) is 0.143. The SMILES string of the molecule is Cc1ccc(C(=O)Oc2ccc(OC(=O)c3ccc(OCC[n+]4ccc(-c5ccncc5)cc4)cc3)c(C)c2C)cc1. The van der Waals surface area contributed by atoms with Crippen molar-refractivity contribution >= 4 is 11.9 Å². The van der Waals surface area contributed by atoms with E-state index in [-0.39, 0.29) is 0 Å². The van der Waals surface area contributed by atoms with Gasteiger partial charge in [-0.2, -0.15) is 0 Å². The van der Waals surface area contributed by atoms with Crippen LogP contribution in [0.15, 0.2) is 110 Å². The van der Waals surface area contributed by atoms with E-state index >= 15 is 0 Å². The first kappa shape index (κ1) is 28.2. The van der Waals surface area contributed by atoms with Gasteiger partial charge in [0.2, 0.25) is 0 Å². The first-order chi connectivity index (χ1) is 20.4. The van der Waals surface area contributed by atoms with Gasteiger partial charge in [-0.15, -0.1) is 0 Å². The van der Waals surface area contributed by atoms with Crippen molar-refractivity contribution in [3.05, 3.63) is 138 Å². The lowest BCUT2D eigenvalue weighted by molar-refractivity contribution is -0.697. The van der Waals surface area contributed by atoms with Gasteiger partial charge in [0.25, 0.3) is 0 Å². The molecule has 0 radical (unpaired) electrons. The zero-order valence-corrected chi connectivity index (χ0v) is 23.7. The maximum Gasteiger partial charge on any atom is 0.343 e. The van der Waals surface area contributed by atoms with Crippen molar-refractivity contribution in [3.8, 4) is 28.4 Å². The van der Waals surface area contributed by atoms with Crippen molar-refractivity contribution in [2.45, 2.75) is 27.3 Å². The monoisotopic (exact) mass is 559 g/mol. The Hall–Kier alpha value is -5.30. The number of nitrogens with zero attached hydrogens (tertiary/aromatic N) is 2. The van der Waals surface area contributed by atoms with E-state index in [9.17, 15) is 9.59 Å². The average molecular weight is 560 g/mol. The Morgan fingerprint density at radius 1 is 0.643 bits per heavy atom. The Labute approximate surface area is 245 Å². The van der Waals surface area contributed by atoms with Crippen LogP contribution in [0.25, 0.3) is 11.1 Å². The zero-order chi connectivity index (χ0) is 29.5.